The van der Waals surface area contributed by atoms with E-state index in [2.05, 4.69) is 29.4 Å². The minimum absolute atomic E-state index is 0.510. The van der Waals surface area contributed by atoms with Crippen LogP contribution in [0.5, 0.6) is 0 Å². The van der Waals surface area contributed by atoms with E-state index in [1.165, 1.54) is 0 Å². The maximum Gasteiger partial charge on any atom is 0.149 e. The first-order valence-electron chi connectivity index (χ1n) is 4.82. The second-order valence-corrected chi connectivity index (χ2v) is 3.28. The summed E-state index contributed by atoms with van der Waals surface area (Å²) in [5.74, 6) is 0.883. The van der Waals surface area contributed by atoms with Gasteiger partial charge in [0.25, 0.3) is 0 Å². The molecular weight excluding hydrogens is 162 g/mol. The average molecular weight is 179 g/mol. The number of aryl methyl sites for hydroxylation is 1. The molecule has 1 aromatic heterocycles. The van der Waals surface area contributed by atoms with Crippen LogP contribution in [0.3, 0.4) is 0 Å². The number of hydrogen-bond donors (Lipinski definition) is 1. The molecule has 1 aromatic rings. The van der Waals surface area contributed by atoms with E-state index in [9.17, 15) is 0 Å². The summed E-state index contributed by atoms with van der Waals surface area (Å²) in [6.07, 6.45) is 4.00. The molecule has 3 nitrogen and oxygen atoms in total. The Kier molecular flexibility index (Phi) is 3.68. The summed E-state index contributed by atoms with van der Waals surface area (Å²) in [4.78, 5) is 0. The van der Waals surface area contributed by atoms with Crippen LogP contribution < -0.4 is 5.32 Å². The van der Waals surface area contributed by atoms with Crippen molar-refractivity contribution in [3.8, 4) is 0 Å². The molecule has 0 aliphatic carbocycles. The standard InChI is InChI=1S/C10H17N3/c1-4-9(5-2)12-10-6-8(3)7-11-13-10/h6-7,9H,4-5H2,1-3H3,(H,12,13). The third kappa shape index (κ3) is 3.01. The maximum atomic E-state index is 4.01. The summed E-state index contributed by atoms with van der Waals surface area (Å²) >= 11 is 0. The van der Waals surface area contributed by atoms with Crippen molar-refractivity contribution in [3.05, 3.63) is 17.8 Å². The maximum absolute atomic E-state index is 4.01. The fraction of sp³-hybridized carbons (Fsp3) is 0.600. The SMILES string of the molecule is CCC(CC)Nc1cc(C)cnn1. The Morgan fingerprint density at radius 1 is 1.38 bits per heavy atom. The van der Waals surface area contributed by atoms with Gasteiger partial charge in [-0.15, -0.1) is 5.10 Å². The van der Waals surface area contributed by atoms with Crippen LogP contribution in [0.4, 0.5) is 5.82 Å². The summed E-state index contributed by atoms with van der Waals surface area (Å²) in [5, 5.41) is 11.3. The molecule has 0 unspecified atom stereocenters. The van der Waals surface area contributed by atoms with Crippen LogP contribution in [0, 0.1) is 6.92 Å². The Labute approximate surface area is 79.6 Å². The van der Waals surface area contributed by atoms with E-state index in [0.29, 0.717) is 6.04 Å². The van der Waals surface area contributed by atoms with Crippen molar-refractivity contribution in [2.45, 2.75) is 39.7 Å². The van der Waals surface area contributed by atoms with Gasteiger partial charge in [-0.1, -0.05) is 13.8 Å². The highest BCUT2D eigenvalue weighted by atomic mass is 15.2. The molecule has 1 heterocycles. The summed E-state index contributed by atoms with van der Waals surface area (Å²) in [6.45, 7) is 6.36. The van der Waals surface area contributed by atoms with E-state index in [-0.39, 0.29) is 0 Å². The van der Waals surface area contributed by atoms with E-state index >= 15 is 0 Å². The van der Waals surface area contributed by atoms with Crippen molar-refractivity contribution in [1.29, 1.82) is 0 Å². The summed E-state index contributed by atoms with van der Waals surface area (Å²) in [7, 11) is 0. The summed E-state index contributed by atoms with van der Waals surface area (Å²) < 4.78 is 0. The Hall–Kier alpha value is -1.12. The lowest BCUT2D eigenvalue weighted by Crippen LogP contribution is -2.18. The Morgan fingerprint density at radius 2 is 2.08 bits per heavy atom. The predicted molar refractivity (Wildman–Crippen MR) is 54.8 cm³/mol. The molecule has 0 spiro atoms. The molecule has 0 radical (unpaired) electrons. The van der Waals surface area contributed by atoms with Gasteiger partial charge in [-0.25, -0.2) is 0 Å². The molecule has 0 amide bonds. The molecule has 0 aromatic carbocycles. The van der Waals surface area contributed by atoms with Crippen LogP contribution in [0.2, 0.25) is 0 Å². The minimum atomic E-state index is 0.510. The first kappa shape index (κ1) is 9.96. The molecule has 0 atom stereocenters. The van der Waals surface area contributed by atoms with Gasteiger partial charge in [0.2, 0.25) is 0 Å². The lowest BCUT2D eigenvalue weighted by molar-refractivity contribution is 0.666. The first-order valence-corrected chi connectivity index (χ1v) is 4.82. The van der Waals surface area contributed by atoms with Gasteiger partial charge in [0.05, 0.1) is 6.20 Å². The van der Waals surface area contributed by atoms with Gasteiger partial charge in [-0.05, 0) is 31.4 Å². The van der Waals surface area contributed by atoms with Gasteiger partial charge < -0.3 is 5.32 Å². The van der Waals surface area contributed by atoms with Crippen molar-refractivity contribution in [3.63, 3.8) is 0 Å². The van der Waals surface area contributed by atoms with E-state index in [0.717, 1.165) is 24.2 Å². The van der Waals surface area contributed by atoms with Gasteiger partial charge in [-0.3, -0.25) is 0 Å². The van der Waals surface area contributed by atoms with E-state index in [4.69, 9.17) is 0 Å². The summed E-state index contributed by atoms with van der Waals surface area (Å²) in [5.41, 5.74) is 1.14. The van der Waals surface area contributed by atoms with Crippen LogP contribution in [-0.4, -0.2) is 16.2 Å². The predicted octanol–water partition coefficient (Wildman–Crippen LogP) is 2.39. The lowest BCUT2D eigenvalue weighted by Gasteiger charge is -2.14. The zero-order valence-electron chi connectivity index (χ0n) is 8.54. The Bertz CT molecular complexity index is 256. The highest BCUT2D eigenvalue weighted by Crippen LogP contribution is 2.08. The Morgan fingerprint density at radius 3 is 2.62 bits per heavy atom. The zero-order valence-corrected chi connectivity index (χ0v) is 8.54. The van der Waals surface area contributed by atoms with Crippen molar-refractivity contribution in [2.24, 2.45) is 0 Å². The molecule has 0 aliphatic heterocycles. The molecular formula is C10H17N3. The number of anilines is 1. The zero-order chi connectivity index (χ0) is 9.68. The molecule has 0 saturated carbocycles. The molecule has 0 bridgehead atoms. The smallest absolute Gasteiger partial charge is 0.149 e. The van der Waals surface area contributed by atoms with Crippen molar-refractivity contribution in [2.75, 3.05) is 5.32 Å². The van der Waals surface area contributed by atoms with Gasteiger partial charge in [0.1, 0.15) is 5.82 Å². The van der Waals surface area contributed by atoms with Gasteiger partial charge in [0.15, 0.2) is 0 Å². The molecule has 0 aliphatic rings. The average Bonchev–Trinajstić information content (AvgIpc) is 2.14. The fourth-order valence-corrected chi connectivity index (χ4v) is 1.24. The van der Waals surface area contributed by atoms with Crippen molar-refractivity contribution in [1.82, 2.24) is 10.2 Å². The number of nitrogens with zero attached hydrogens (tertiary/aromatic N) is 2. The van der Waals surface area contributed by atoms with E-state index in [1.807, 2.05) is 13.0 Å². The molecule has 13 heavy (non-hydrogen) atoms. The molecule has 0 saturated heterocycles. The Balaban J connectivity index is 2.62. The molecule has 0 fully saturated rings. The number of aromatic nitrogens is 2. The number of hydrogen-bond acceptors (Lipinski definition) is 3. The second-order valence-electron chi connectivity index (χ2n) is 3.28. The number of nitrogens with one attached hydrogen (secondary N) is 1. The highest BCUT2D eigenvalue weighted by Gasteiger charge is 2.03. The monoisotopic (exact) mass is 179 g/mol. The first-order chi connectivity index (χ1) is 6.26. The largest absolute Gasteiger partial charge is 0.366 e. The minimum Gasteiger partial charge on any atom is -0.366 e. The molecule has 1 N–H and O–H groups in total. The molecule has 3 heteroatoms. The van der Waals surface area contributed by atoms with Crippen LogP contribution in [0.15, 0.2) is 12.3 Å². The van der Waals surface area contributed by atoms with Gasteiger partial charge in [-0.2, -0.15) is 5.10 Å². The third-order valence-electron chi connectivity index (χ3n) is 2.13. The van der Waals surface area contributed by atoms with Crippen molar-refractivity contribution >= 4 is 5.82 Å². The van der Waals surface area contributed by atoms with Crippen LogP contribution in [0.25, 0.3) is 0 Å². The van der Waals surface area contributed by atoms with Crippen LogP contribution >= 0.6 is 0 Å². The fourth-order valence-electron chi connectivity index (χ4n) is 1.24. The molecule has 72 valence electrons. The van der Waals surface area contributed by atoms with E-state index < -0.39 is 0 Å². The third-order valence-corrected chi connectivity index (χ3v) is 2.13. The van der Waals surface area contributed by atoms with Crippen LogP contribution in [0.1, 0.15) is 32.3 Å². The molecule has 1 rings (SSSR count). The van der Waals surface area contributed by atoms with Gasteiger partial charge in [0, 0.05) is 6.04 Å². The topological polar surface area (TPSA) is 37.8 Å². The second kappa shape index (κ2) is 4.80. The highest BCUT2D eigenvalue weighted by molar-refractivity contribution is 5.35. The van der Waals surface area contributed by atoms with Crippen molar-refractivity contribution < 1.29 is 0 Å². The summed E-state index contributed by atoms with van der Waals surface area (Å²) in [6, 6.07) is 2.53. The lowest BCUT2D eigenvalue weighted by atomic mass is 10.2. The number of rotatable bonds is 4. The van der Waals surface area contributed by atoms with E-state index in [1.54, 1.807) is 6.20 Å². The van der Waals surface area contributed by atoms with Crippen LogP contribution in [-0.2, 0) is 0 Å². The normalized spacial score (nSPS) is 10.5. The van der Waals surface area contributed by atoms with Gasteiger partial charge >= 0.3 is 0 Å². The quantitative estimate of drug-likeness (QED) is 0.771.